The van der Waals surface area contributed by atoms with E-state index in [-0.39, 0.29) is 12.5 Å². The van der Waals surface area contributed by atoms with Gasteiger partial charge in [-0.3, -0.25) is 0 Å². The van der Waals surface area contributed by atoms with E-state index in [0.29, 0.717) is 0 Å². The zero-order valence-electron chi connectivity index (χ0n) is 14.1. The van der Waals surface area contributed by atoms with Gasteiger partial charge in [-0.2, -0.15) is 8.78 Å². The molecule has 0 aromatic heterocycles. The molecule has 27 heavy (non-hydrogen) atoms. The number of carboxylic acid groups (broad SMARTS) is 1. The average molecular weight is 377 g/mol. The van der Waals surface area contributed by atoms with Crippen molar-refractivity contribution in [2.75, 3.05) is 13.2 Å². The molecule has 8 heteroatoms. The maximum absolute atomic E-state index is 12.1. The van der Waals surface area contributed by atoms with Crippen LogP contribution in [0.3, 0.4) is 0 Å². The highest BCUT2D eigenvalue weighted by Crippen LogP contribution is 2.44. The summed E-state index contributed by atoms with van der Waals surface area (Å²) in [7, 11) is 0. The first-order valence-corrected chi connectivity index (χ1v) is 8.21. The maximum Gasteiger partial charge on any atom is 0.407 e. The van der Waals surface area contributed by atoms with Crippen molar-refractivity contribution in [2.45, 2.75) is 18.6 Å². The third kappa shape index (κ3) is 4.22. The molecule has 1 amide bonds. The van der Waals surface area contributed by atoms with Crippen molar-refractivity contribution in [3.8, 4) is 11.1 Å². The summed E-state index contributed by atoms with van der Waals surface area (Å²) in [6.45, 7) is -4.00. The zero-order chi connectivity index (χ0) is 19.4. The van der Waals surface area contributed by atoms with Crippen LogP contribution in [-0.2, 0) is 14.3 Å². The van der Waals surface area contributed by atoms with Crippen molar-refractivity contribution in [1.82, 2.24) is 5.32 Å². The Morgan fingerprint density at radius 1 is 1.04 bits per heavy atom. The average Bonchev–Trinajstić information content (AvgIpc) is 2.97. The zero-order valence-corrected chi connectivity index (χ0v) is 14.1. The lowest BCUT2D eigenvalue weighted by Gasteiger charge is -2.17. The quantitative estimate of drug-likeness (QED) is 0.774. The first-order chi connectivity index (χ1) is 13.0. The number of hydrogen-bond acceptors (Lipinski definition) is 4. The number of halogens is 2. The van der Waals surface area contributed by atoms with Crippen LogP contribution in [-0.4, -0.2) is 43.0 Å². The number of nitrogens with one attached hydrogen (secondary N) is 1. The molecule has 142 valence electrons. The molecule has 1 unspecified atom stereocenters. The van der Waals surface area contributed by atoms with Crippen LogP contribution in [0.4, 0.5) is 13.6 Å². The standard InChI is InChI=1S/C19H17F2NO5/c20-18(21)26-10-16(17(23)24)22-19(25)27-9-15-13-7-3-1-5-11(13)12-6-2-4-8-14(12)15/h1-8,15-16,18H,9-10H2,(H,22,25)(H,23,24). The minimum Gasteiger partial charge on any atom is -0.480 e. The minimum absolute atomic E-state index is 0.0120. The van der Waals surface area contributed by atoms with Gasteiger partial charge < -0.3 is 19.9 Å². The number of aliphatic carboxylic acids is 1. The number of rotatable bonds is 7. The fourth-order valence-corrected chi connectivity index (χ4v) is 3.13. The Hall–Kier alpha value is -3.00. The van der Waals surface area contributed by atoms with Gasteiger partial charge in [0.25, 0.3) is 0 Å². The monoisotopic (exact) mass is 377 g/mol. The molecule has 0 saturated heterocycles. The highest BCUT2D eigenvalue weighted by atomic mass is 19.3. The summed E-state index contributed by atoms with van der Waals surface area (Å²) < 4.78 is 33.3. The predicted octanol–water partition coefficient (Wildman–Crippen LogP) is 3.22. The summed E-state index contributed by atoms with van der Waals surface area (Å²) in [5.74, 6) is -1.69. The summed E-state index contributed by atoms with van der Waals surface area (Å²) in [5.41, 5.74) is 4.11. The molecule has 2 aromatic rings. The number of hydrogen-bond donors (Lipinski definition) is 2. The second-order valence-electron chi connectivity index (χ2n) is 5.95. The van der Waals surface area contributed by atoms with Crippen LogP contribution in [0.2, 0.25) is 0 Å². The molecular weight excluding hydrogens is 360 g/mol. The van der Waals surface area contributed by atoms with Crippen molar-refractivity contribution < 1.29 is 33.0 Å². The van der Waals surface area contributed by atoms with Gasteiger partial charge in [-0.25, -0.2) is 9.59 Å². The van der Waals surface area contributed by atoms with Crippen LogP contribution in [0.1, 0.15) is 17.0 Å². The van der Waals surface area contributed by atoms with E-state index in [0.717, 1.165) is 22.3 Å². The van der Waals surface area contributed by atoms with E-state index < -0.39 is 31.3 Å². The molecule has 0 radical (unpaired) electrons. The Morgan fingerprint density at radius 3 is 2.11 bits per heavy atom. The van der Waals surface area contributed by atoms with Crippen LogP contribution < -0.4 is 5.32 Å². The normalized spacial score (nSPS) is 13.7. The minimum atomic E-state index is -3.13. The SMILES string of the molecule is O=C(NC(COC(F)F)C(=O)O)OCC1c2ccccc2-c2ccccc21. The van der Waals surface area contributed by atoms with Crippen molar-refractivity contribution >= 4 is 12.1 Å². The van der Waals surface area contributed by atoms with Gasteiger partial charge in [-0.05, 0) is 22.3 Å². The predicted molar refractivity (Wildman–Crippen MR) is 91.6 cm³/mol. The van der Waals surface area contributed by atoms with E-state index in [4.69, 9.17) is 9.84 Å². The Morgan fingerprint density at radius 2 is 1.59 bits per heavy atom. The van der Waals surface area contributed by atoms with Crippen LogP contribution >= 0.6 is 0 Å². The number of carbonyl (C=O) groups excluding carboxylic acids is 1. The van der Waals surface area contributed by atoms with E-state index >= 15 is 0 Å². The van der Waals surface area contributed by atoms with E-state index in [1.54, 1.807) is 0 Å². The third-order valence-corrected chi connectivity index (χ3v) is 4.32. The number of alkyl carbamates (subject to hydrolysis) is 1. The molecule has 2 aromatic carbocycles. The lowest BCUT2D eigenvalue weighted by Crippen LogP contribution is -2.44. The third-order valence-electron chi connectivity index (χ3n) is 4.32. The van der Waals surface area contributed by atoms with Gasteiger partial charge in [0.05, 0.1) is 6.61 Å². The number of ether oxygens (including phenoxy) is 2. The number of fused-ring (bicyclic) bond motifs is 3. The number of amides is 1. The molecule has 0 heterocycles. The van der Waals surface area contributed by atoms with Crippen LogP contribution in [0.15, 0.2) is 48.5 Å². The molecule has 0 fully saturated rings. The van der Waals surface area contributed by atoms with Gasteiger partial charge in [-0.1, -0.05) is 48.5 Å². The van der Waals surface area contributed by atoms with Gasteiger partial charge in [-0.15, -0.1) is 0 Å². The molecule has 2 N–H and O–H groups in total. The van der Waals surface area contributed by atoms with E-state index in [9.17, 15) is 18.4 Å². The molecule has 0 spiro atoms. The molecule has 6 nitrogen and oxygen atoms in total. The molecular formula is C19H17F2NO5. The van der Waals surface area contributed by atoms with Crippen molar-refractivity contribution in [3.63, 3.8) is 0 Å². The summed E-state index contributed by atoms with van der Waals surface area (Å²) >= 11 is 0. The summed E-state index contributed by atoms with van der Waals surface area (Å²) in [6, 6.07) is 13.8. The topological polar surface area (TPSA) is 84.9 Å². The van der Waals surface area contributed by atoms with Crippen molar-refractivity contribution in [1.29, 1.82) is 0 Å². The molecule has 1 atom stereocenters. The van der Waals surface area contributed by atoms with Crippen LogP contribution in [0.5, 0.6) is 0 Å². The fourth-order valence-electron chi connectivity index (χ4n) is 3.13. The smallest absolute Gasteiger partial charge is 0.407 e. The number of alkyl halides is 2. The van der Waals surface area contributed by atoms with Gasteiger partial charge >= 0.3 is 18.7 Å². The molecule has 0 aliphatic heterocycles. The fraction of sp³-hybridized carbons (Fsp3) is 0.263. The van der Waals surface area contributed by atoms with Crippen molar-refractivity contribution in [2.24, 2.45) is 0 Å². The van der Waals surface area contributed by atoms with Crippen LogP contribution in [0, 0.1) is 0 Å². The largest absolute Gasteiger partial charge is 0.480 e. The molecule has 1 aliphatic carbocycles. The Kier molecular flexibility index (Phi) is 5.66. The summed E-state index contributed by atoms with van der Waals surface area (Å²) in [4.78, 5) is 23.0. The van der Waals surface area contributed by atoms with Crippen LogP contribution in [0.25, 0.3) is 11.1 Å². The highest BCUT2D eigenvalue weighted by Gasteiger charge is 2.30. The molecule has 0 bridgehead atoms. The lowest BCUT2D eigenvalue weighted by molar-refractivity contribution is -0.153. The van der Waals surface area contributed by atoms with E-state index in [2.05, 4.69) is 4.74 Å². The Labute approximate surface area is 153 Å². The molecule has 3 rings (SSSR count). The van der Waals surface area contributed by atoms with Gasteiger partial charge in [0, 0.05) is 5.92 Å². The second-order valence-corrected chi connectivity index (χ2v) is 5.95. The first-order valence-electron chi connectivity index (χ1n) is 8.21. The van der Waals surface area contributed by atoms with Gasteiger partial charge in [0.15, 0.2) is 6.04 Å². The Balaban J connectivity index is 1.66. The molecule has 0 saturated carbocycles. The number of carboxylic acids is 1. The number of benzene rings is 2. The lowest BCUT2D eigenvalue weighted by atomic mass is 9.98. The Bertz CT molecular complexity index is 797. The van der Waals surface area contributed by atoms with E-state index in [1.807, 2.05) is 53.8 Å². The van der Waals surface area contributed by atoms with Gasteiger partial charge in [0.2, 0.25) is 0 Å². The summed E-state index contributed by atoms with van der Waals surface area (Å²) in [6.07, 6.45) is -1.01. The highest BCUT2D eigenvalue weighted by molar-refractivity contribution is 5.81. The van der Waals surface area contributed by atoms with Crippen molar-refractivity contribution in [3.05, 3.63) is 59.7 Å². The van der Waals surface area contributed by atoms with Gasteiger partial charge in [0.1, 0.15) is 6.61 Å². The number of carbonyl (C=O) groups is 2. The summed E-state index contributed by atoms with van der Waals surface area (Å²) in [5, 5.41) is 11.0. The maximum atomic E-state index is 12.1. The second kappa shape index (κ2) is 8.13. The first kappa shape index (κ1) is 18.8. The van der Waals surface area contributed by atoms with E-state index in [1.165, 1.54) is 0 Å². The molecule has 1 aliphatic rings.